The fraction of sp³-hybridized carbons (Fsp3) is 0.421. The second-order valence-corrected chi connectivity index (χ2v) is 7.15. The van der Waals surface area contributed by atoms with Crippen molar-refractivity contribution in [1.29, 1.82) is 0 Å². The van der Waals surface area contributed by atoms with E-state index >= 15 is 0 Å². The fourth-order valence-electron chi connectivity index (χ4n) is 4.37. The minimum absolute atomic E-state index is 0.118. The van der Waals surface area contributed by atoms with Crippen LogP contribution in [-0.2, 0) is 20.8 Å². The van der Waals surface area contributed by atoms with Crippen LogP contribution in [0.25, 0.3) is 10.9 Å². The first-order valence-corrected chi connectivity index (χ1v) is 8.66. The topological polar surface area (TPSA) is 90.5 Å². The standard InChI is InChI=1S/C19H20N2O4/c22-16-10-19(7-3-4-8-19)18(25)21(16)15(17(23)24)9-12-11-20-14-6-2-1-5-13(12)14/h1-2,5-6,11,15,20H,3-4,7-10H2,(H,23,24). The van der Waals surface area contributed by atoms with Crippen molar-refractivity contribution in [2.45, 2.75) is 44.6 Å². The van der Waals surface area contributed by atoms with Crippen LogP contribution >= 0.6 is 0 Å². The second-order valence-electron chi connectivity index (χ2n) is 7.15. The van der Waals surface area contributed by atoms with Gasteiger partial charge < -0.3 is 10.1 Å². The van der Waals surface area contributed by atoms with E-state index in [0.29, 0.717) is 12.8 Å². The van der Waals surface area contributed by atoms with Crippen molar-refractivity contribution in [3.05, 3.63) is 36.0 Å². The van der Waals surface area contributed by atoms with E-state index < -0.39 is 17.4 Å². The number of benzene rings is 1. The maximum absolute atomic E-state index is 12.9. The van der Waals surface area contributed by atoms with Crippen LogP contribution in [0.5, 0.6) is 0 Å². The molecule has 1 aromatic heterocycles. The number of aliphatic carboxylic acids is 1. The number of hydrogen-bond donors (Lipinski definition) is 2. The summed E-state index contributed by atoms with van der Waals surface area (Å²) < 4.78 is 0. The number of likely N-dealkylation sites (tertiary alicyclic amines) is 1. The van der Waals surface area contributed by atoms with Gasteiger partial charge in [-0.3, -0.25) is 14.5 Å². The maximum Gasteiger partial charge on any atom is 0.327 e. The molecule has 2 aromatic rings. The highest BCUT2D eigenvalue weighted by Crippen LogP contribution is 2.47. The molecule has 2 fully saturated rings. The summed E-state index contributed by atoms with van der Waals surface area (Å²) in [7, 11) is 0. The van der Waals surface area contributed by atoms with E-state index in [-0.39, 0.29) is 24.7 Å². The quantitative estimate of drug-likeness (QED) is 0.837. The highest BCUT2D eigenvalue weighted by Gasteiger charge is 2.55. The number of nitrogens with zero attached hydrogens (tertiary/aromatic N) is 1. The summed E-state index contributed by atoms with van der Waals surface area (Å²) in [6, 6.07) is 6.45. The summed E-state index contributed by atoms with van der Waals surface area (Å²) in [5.41, 5.74) is 1.06. The van der Waals surface area contributed by atoms with E-state index in [4.69, 9.17) is 0 Å². The minimum Gasteiger partial charge on any atom is -0.480 e. The molecular formula is C19H20N2O4. The predicted octanol–water partition coefficient (Wildman–Crippen LogP) is 2.48. The van der Waals surface area contributed by atoms with Gasteiger partial charge in [0.1, 0.15) is 6.04 Å². The molecule has 6 heteroatoms. The van der Waals surface area contributed by atoms with Gasteiger partial charge in [0.15, 0.2) is 0 Å². The zero-order valence-electron chi connectivity index (χ0n) is 13.8. The molecule has 25 heavy (non-hydrogen) atoms. The Morgan fingerprint density at radius 2 is 1.96 bits per heavy atom. The first-order valence-electron chi connectivity index (χ1n) is 8.66. The number of carbonyl (C=O) groups is 3. The fourth-order valence-corrected chi connectivity index (χ4v) is 4.37. The van der Waals surface area contributed by atoms with Crippen LogP contribution in [-0.4, -0.2) is 38.8 Å². The van der Waals surface area contributed by atoms with Crippen molar-refractivity contribution in [2.24, 2.45) is 5.41 Å². The third kappa shape index (κ3) is 2.44. The lowest BCUT2D eigenvalue weighted by atomic mass is 9.84. The highest BCUT2D eigenvalue weighted by molar-refractivity contribution is 6.08. The largest absolute Gasteiger partial charge is 0.480 e. The number of aromatic amines is 1. The van der Waals surface area contributed by atoms with Gasteiger partial charge in [-0.25, -0.2) is 4.79 Å². The molecule has 1 saturated carbocycles. The Kier molecular flexibility index (Phi) is 3.63. The van der Waals surface area contributed by atoms with Crippen molar-refractivity contribution in [1.82, 2.24) is 9.88 Å². The molecule has 4 rings (SSSR count). The molecule has 6 nitrogen and oxygen atoms in total. The van der Waals surface area contributed by atoms with Crippen LogP contribution in [0.15, 0.2) is 30.5 Å². The molecule has 1 aromatic carbocycles. The molecular weight excluding hydrogens is 320 g/mol. The summed E-state index contributed by atoms with van der Waals surface area (Å²) >= 11 is 0. The lowest BCUT2D eigenvalue weighted by molar-refractivity contribution is -0.155. The molecule has 1 aliphatic carbocycles. The summed E-state index contributed by atoms with van der Waals surface area (Å²) in [6.45, 7) is 0. The Bertz CT molecular complexity index is 863. The maximum atomic E-state index is 12.9. The number of carboxylic acid groups (broad SMARTS) is 1. The van der Waals surface area contributed by atoms with Crippen molar-refractivity contribution >= 4 is 28.7 Å². The van der Waals surface area contributed by atoms with Crippen LogP contribution < -0.4 is 0 Å². The van der Waals surface area contributed by atoms with Crippen molar-refractivity contribution in [2.75, 3.05) is 0 Å². The second kappa shape index (κ2) is 5.72. The Labute approximate surface area is 144 Å². The number of H-pyrrole nitrogens is 1. The molecule has 1 spiro atoms. The van der Waals surface area contributed by atoms with E-state index in [0.717, 1.165) is 34.2 Å². The number of aromatic nitrogens is 1. The molecule has 0 radical (unpaired) electrons. The first kappa shape index (κ1) is 15.9. The highest BCUT2D eigenvalue weighted by atomic mass is 16.4. The molecule has 1 unspecified atom stereocenters. The third-order valence-corrected chi connectivity index (χ3v) is 5.68. The molecule has 130 valence electrons. The zero-order valence-corrected chi connectivity index (χ0v) is 13.8. The lowest BCUT2D eigenvalue weighted by Gasteiger charge is -2.25. The van der Waals surface area contributed by atoms with Gasteiger partial charge >= 0.3 is 5.97 Å². The van der Waals surface area contributed by atoms with Gasteiger partial charge in [0.25, 0.3) is 0 Å². The number of imide groups is 1. The van der Waals surface area contributed by atoms with Gasteiger partial charge in [-0.1, -0.05) is 31.0 Å². The molecule has 2 N–H and O–H groups in total. The number of amides is 2. The van der Waals surface area contributed by atoms with Crippen LogP contribution in [0.1, 0.15) is 37.7 Å². The zero-order chi connectivity index (χ0) is 17.6. The predicted molar refractivity (Wildman–Crippen MR) is 90.8 cm³/mol. The van der Waals surface area contributed by atoms with E-state index in [1.54, 1.807) is 6.20 Å². The minimum atomic E-state index is -1.15. The molecule has 1 atom stereocenters. The van der Waals surface area contributed by atoms with Gasteiger partial charge in [0.2, 0.25) is 11.8 Å². The summed E-state index contributed by atoms with van der Waals surface area (Å²) in [5.74, 6) is -1.77. The molecule has 2 heterocycles. The average Bonchev–Trinajstić information content (AvgIpc) is 3.27. The third-order valence-electron chi connectivity index (χ3n) is 5.68. The smallest absolute Gasteiger partial charge is 0.327 e. The Morgan fingerprint density at radius 3 is 2.68 bits per heavy atom. The first-order chi connectivity index (χ1) is 12.0. The Hall–Kier alpha value is -2.63. The molecule has 1 saturated heterocycles. The van der Waals surface area contributed by atoms with E-state index in [9.17, 15) is 19.5 Å². The summed E-state index contributed by atoms with van der Waals surface area (Å²) in [6.07, 6.45) is 5.26. The van der Waals surface area contributed by atoms with Gasteiger partial charge in [0, 0.05) is 29.9 Å². The lowest BCUT2D eigenvalue weighted by Crippen LogP contribution is -2.47. The number of rotatable bonds is 4. The van der Waals surface area contributed by atoms with Gasteiger partial charge in [-0.15, -0.1) is 0 Å². The van der Waals surface area contributed by atoms with Crippen molar-refractivity contribution < 1.29 is 19.5 Å². The normalized spacial score (nSPS) is 20.7. The number of nitrogens with one attached hydrogen (secondary N) is 1. The van der Waals surface area contributed by atoms with Crippen LogP contribution in [0, 0.1) is 5.41 Å². The Morgan fingerprint density at radius 1 is 1.24 bits per heavy atom. The molecule has 1 aliphatic heterocycles. The Balaban J connectivity index is 1.67. The number of para-hydroxylation sites is 1. The monoisotopic (exact) mass is 340 g/mol. The number of hydrogen-bond acceptors (Lipinski definition) is 3. The molecule has 2 amide bonds. The van der Waals surface area contributed by atoms with Gasteiger partial charge in [-0.2, -0.15) is 0 Å². The van der Waals surface area contributed by atoms with E-state index in [1.807, 2.05) is 24.3 Å². The number of fused-ring (bicyclic) bond motifs is 1. The van der Waals surface area contributed by atoms with E-state index in [1.165, 1.54) is 0 Å². The SMILES string of the molecule is O=C(O)C(Cc1c[nH]c2ccccc12)N1C(=O)CC2(CCCC2)C1=O. The van der Waals surface area contributed by atoms with Crippen molar-refractivity contribution in [3.8, 4) is 0 Å². The number of carboxylic acids is 1. The van der Waals surface area contributed by atoms with E-state index in [2.05, 4.69) is 4.98 Å². The van der Waals surface area contributed by atoms with Crippen LogP contribution in [0.4, 0.5) is 0 Å². The van der Waals surface area contributed by atoms with Crippen molar-refractivity contribution in [3.63, 3.8) is 0 Å². The summed E-state index contributed by atoms with van der Waals surface area (Å²) in [4.78, 5) is 41.5. The van der Waals surface area contributed by atoms with Crippen LogP contribution in [0.3, 0.4) is 0 Å². The van der Waals surface area contributed by atoms with Gasteiger partial charge in [-0.05, 0) is 24.5 Å². The van der Waals surface area contributed by atoms with Gasteiger partial charge in [0.05, 0.1) is 5.41 Å². The summed E-state index contributed by atoms with van der Waals surface area (Å²) in [5, 5.41) is 10.6. The molecule has 0 bridgehead atoms. The average molecular weight is 340 g/mol. The van der Waals surface area contributed by atoms with Crippen LogP contribution in [0.2, 0.25) is 0 Å². The number of carbonyl (C=O) groups excluding carboxylic acids is 2. The molecule has 2 aliphatic rings.